The Balaban J connectivity index is 0. The summed E-state index contributed by atoms with van der Waals surface area (Å²) >= 11 is 0. The molecule has 0 aromatic heterocycles. The predicted octanol–water partition coefficient (Wildman–Crippen LogP) is 7.21. The van der Waals surface area contributed by atoms with E-state index in [0.717, 1.165) is 18.9 Å². The van der Waals surface area contributed by atoms with Crippen LogP contribution in [0.2, 0.25) is 0 Å². The zero-order chi connectivity index (χ0) is 18.1. The second-order valence-electron chi connectivity index (χ2n) is 5.72. The van der Waals surface area contributed by atoms with Gasteiger partial charge in [-0.05, 0) is 38.2 Å². The third kappa shape index (κ3) is 13.3. The van der Waals surface area contributed by atoms with E-state index in [2.05, 4.69) is 52.0 Å². The number of rotatable bonds is 9. The molecule has 0 heterocycles. The van der Waals surface area contributed by atoms with Crippen molar-refractivity contribution < 1.29 is 4.74 Å². The molecule has 2 atom stereocenters. The fourth-order valence-corrected chi connectivity index (χ4v) is 2.51. The molecule has 0 aliphatic carbocycles. The van der Waals surface area contributed by atoms with E-state index in [9.17, 15) is 0 Å². The lowest BCUT2D eigenvalue weighted by Gasteiger charge is -2.17. The van der Waals surface area contributed by atoms with Crippen molar-refractivity contribution in [1.29, 1.82) is 0 Å². The van der Waals surface area contributed by atoms with E-state index in [1.165, 1.54) is 36.8 Å². The van der Waals surface area contributed by atoms with E-state index in [1.807, 2.05) is 27.7 Å². The van der Waals surface area contributed by atoms with Crippen LogP contribution in [0.4, 0.5) is 0 Å². The Hall–Kier alpha value is -0.820. The molecule has 0 radical (unpaired) electrons. The summed E-state index contributed by atoms with van der Waals surface area (Å²) in [6.45, 7) is 17.8. The quantitative estimate of drug-likeness (QED) is 0.466. The summed E-state index contributed by atoms with van der Waals surface area (Å²) < 4.78 is 5.95. The van der Waals surface area contributed by atoms with Crippen LogP contribution in [0.5, 0.6) is 0 Å². The number of hydrogen-bond acceptors (Lipinski definition) is 1. The molecule has 2 unspecified atom stereocenters. The summed E-state index contributed by atoms with van der Waals surface area (Å²) in [6.07, 6.45) is 6.46. The lowest BCUT2D eigenvalue weighted by Crippen LogP contribution is -2.14. The van der Waals surface area contributed by atoms with Crippen molar-refractivity contribution in [3.05, 3.63) is 35.4 Å². The average molecular weight is 323 g/mol. The molecule has 0 saturated heterocycles. The maximum absolute atomic E-state index is 5.95. The van der Waals surface area contributed by atoms with Crippen molar-refractivity contribution in [2.75, 3.05) is 6.61 Å². The molecular weight excluding hydrogens is 280 g/mol. The van der Waals surface area contributed by atoms with E-state index in [0.29, 0.717) is 6.10 Å². The van der Waals surface area contributed by atoms with Gasteiger partial charge >= 0.3 is 0 Å². The Morgan fingerprint density at radius 2 is 1.48 bits per heavy atom. The van der Waals surface area contributed by atoms with Gasteiger partial charge in [0.05, 0.1) is 6.10 Å². The second-order valence-corrected chi connectivity index (χ2v) is 5.72. The molecule has 136 valence electrons. The lowest BCUT2D eigenvalue weighted by atomic mass is 9.97. The molecule has 23 heavy (non-hydrogen) atoms. The van der Waals surface area contributed by atoms with Gasteiger partial charge in [-0.2, -0.15) is 0 Å². The van der Waals surface area contributed by atoms with Crippen LogP contribution >= 0.6 is 0 Å². The van der Waals surface area contributed by atoms with Crippen LogP contribution in [0.3, 0.4) is 0 Å². The minimum absolute atomic E-state index is 0.321. The number of benzene rings is 1. The highest BCUT2D eigenvalue weighted by Gasteiger charge is 2.08. The third-order valence-electron chi connectivity index (χ3n) is 3.85. The Morgan fingerprint density at radius 3 is 1.96 bits per heavy atom. The van der Waals surface area contributed by atoms with Gasteiger partial charge in [-0.1, -0.05) is 90.6 Å². The maximum Gasteiger partial charge on any atom is 0.0587 e. The number of aryl methyl sites for hydroxylation is 1. The zero-order valence-corrected chi connectivity index (χ0v) is 17.1. The molecule has 0 saturated carbocycles. The average Bonchev–Trinajstić information content (AvgIpc) is 2.59. The Bertz CT molecular complexity index is 328. The molecule has 0 N–H and O–H groups in total. The fourth-order valence-electron chi connectivity index (χ4n) is 2.51. The van der Waals surface area contributed by atoms with Crippen LogP contribution < -0.4 is 0 Å². The van der Waals surface area contributed by atoms with Crippen LogP contribution in [0.15, 0.2) is 24.3 Å². The topological polar surface area (TPSA) is 9.23 Å². The van der Waals surface area contributed by atoms with Crippen LogP contribution in [-0.2, 0) is 11.2 Å². The van der Waals surface area contributed by atoms with E-state index in [-0.39, 0.29) is 0 Å². The van der Waals surface area contributed by atoms with E-state index >= 15 is 0 Å². The molecule has 0 aliphatic heterocycles. The van der Waals surface area contributed by atoms with Crippen molar-refractivity contribution in [1.82, 2.24) is 0 Å². The first-order chi connectivity index (χ1) is 11.2. The molecule has 1 rings (SSSR count). The zero-order valence-electron chi connectivity index (χ0n) is 17.1. The van der Waals surface area contributed by atoms with Crippen molar-refractivity contribution in [2.45, 2.75) is 93.6 Å². The fraction of sp³-hybridized carbons (Fsp3) is 0.727. The van der Waals surface area contributed by atoms with Gasteiger partial charge in [0.25, 0.3) is 0 Å². The van der Waals surface area contributed by atoms with E-state index in [4.69, 9.17) is 4.74 Å². The first kappa shape index (κ1) is 24.4. The highest BCUT2D eigenvalue weighted by molar-refractivity contribution is 5.21. The molecular formula is C22H42O. The summed E-state index contributed by atoms with van der Waals surface area (Å²) in [5.74, 6) is 0.844. The Morgan fingerprint density at radius 1 is 0.913 bits per heavy atom. The minimum Gasteiger partial charge on any atom is -0.378 e. The molecule has 1 heteroatoms. The van der Waals surface area contributed by atoms with Gasteiger partial charge < -0.3 is 4.74 Å². The monoisotopic (exact) mass is 322 g/mol. The van der Waals surface area contributed by atoms with E-state index in [1.54, 1.807) is 0 Å². The Labute approximate surface area is 146 Å². The smallest absolute Gasteiger partial charge is 0.0587 e. The van der Waals surface area contributed by atoms with Crippen molar-refractivity contribution in [3.63, 3.8) is 0 Å². The third-order valence-corrected chi connectivity index (χ3v) is 3.85. The summed E-state index contributed by atoms with van der Waals surface area (Å²) in [7, 11) is 0. The summed E-state index contributed by atoms with van der Waals surface area (Å²) in [5, 5.41) is 0. The van der Waals surface area contributed by atoms with Crippen LogP contribution in [0.1, 0.15) is 85.3 Å². The molecule has 0 aliphatic rings. The van der Waals surface area contributed by atoms with Crippen molar-refractivity contribution >= 4 is 0 Å². The largest absolute Gasteiger partial charge is 0.378 e. The highest BCUT2D eigenvalue weighted by Crippen LogP contribution is 2.16. The van der Waals surface area contributed by atoms with Crippen LogP contribution in [-0.4, -0.2) is 12.7 Å². The van der Waals surface area contributed by atoms with Gasteiger partial charge in [0.2, 0.25) is 0 Å². The summed E-state index contributed by atoms with van der Waals surface area (Å²) in [4.78, 5) is 0. The van der Waals surface area contributed by atoms with E-state index < -0.39 is 0 Å². The van der Waals surface area contributed by atoms with Gasteiger partial charge in [-0.25, -0.2) is 0 Å². The molecule has 0 spiro atoms. The number of hydrogen-bond donors (Lipinski definition) is 0. The highest BCUT2D eigenvalue weighted by atomic mass is 16.5. The first-order valence-corrected chi connectivity index (χ1v) is 9.82. The normalized spacial score (nSPS) is 12.3. The second kappa shape index (κ2) is 17.5. The standard InChI is InChI=1S/C18H30O.2C2H6/c1-5-7-17(6-2)12-13-19-16(4)14-18-10-8-15(3)9-11-18;2*1-2/h8-11,16-17H,5-7,12-14H2,1-4H3;2*1-2H3. The van der Waals surface area contributed by atoms with Gasteiger partial charge in [-0.3, -0.25) is 0 Å². The molecule has 0 amide bonds. The first-order valence-electron chi connectivity index (χ1n) is 9.82. The van der Waals surface area contributed by atoms with Gasteiger partial charge in [0, 0.05) is 6.61 Å². The molecule has 1 aromatic rings. The molecule has 1 nitrogen and oxygen atoms in total. The summed E-state index contributed by atoms with van der Waals surface area (Å²) in [5.41, 5.74) is 2.70. The van der Waals surface area contributed by atoms with Crippen LogP contribution in [0.25, 0.3) is 0 Å². The lowest BCUT2D eigenvalue weighted by molar-refractivity contribution is 0.0557. The van der Waals surface area contributed by atoms with Gasteiger partial charge in [0.1, 0.15) is 0 Å². The van der Waals surface area contributed by atoms with Gasteiger partial charge in [0.15, 0.2) is 0 Å². The molecule has 0 fully saturated rings. The van der Waals surface area contributed by atoms with Crippen molar-refractivity contribution in [2.24, 2.45) is 5.92 Å². The maximum atomic E-state index is 5.95. The molecule has 0 bridgehead atoms. The minimum atomic E-state index is 0.321. The van der Waals surface area contributed by atoms with Crippen LogP contribution in [0, 0.1) is 12.8 Å². The summed E-state index contributed by atoms with van der Waals surface area (Å²) in [6, 6.07) is 8.77. The molecule has 1 aromatic carbocycles. The van der Waals surface area contributed by atoms with Gasteiger partial charge in [-0.15, -0.1) is 0 Å². The number of ether oxygens (including phenoxy) is 1. The SMILES string of the molecule is CC.CC.CCCC(CC)CCOC(C)Cc1ccc(C)cc1. The van der Waals surface area contributed by atoms with Crippen molar-refractivity contribution in [3.8, 4) is 0 Å². The Kier molecular flexibility index (Phi) is 18.6. The predicted molar refractivity (Wildman–Crippen MR) is 106 cm³/mol.